The number of amides is 1. The average Bonchev–Trinajstić information content (AvgIpc) is 2.99. The van der Waals surface area contributed by atoms with Crippen molar-refractivity contribution in [3.8, 4) is 0 Å². The molecule has 5 heteroatoms. The molecule has 0 saturated carbocycles. The highest BCUT2D eigenvalue weighted by Crippen LogP contribution is 2.34. The van der Waals surface area contributed by atoms with E-state index in [4.69, 9.17) is 4.42 Å². The van der Waals surface area contributed by atoms with Crippen LogP contribution in [0, 0.1) is 11.8 Å². The third-order valence-electron chi connectivity index (χ3n) is 5.29. The van der Waals surface area contributed by atoms with Gasteiger partial charge in [0.15, 0.2) is 0 Å². The fourth-order valence-electron chi connectivity index (χ4n) is 3.94. The van der Waals surface area contributed by atoms with Crippen LogP contribution in [-0.4, -0.2) is 11.9 Å². The number of carboxylic acid groups (broad SMARTS) is 1. The summed E-state index contributed by atoms with van der Waals surface area (Å²) in [7, 11) is 0. The van der Waals surface area contributed by atoms with E-state index in [2.05, 4.69) is 5.32 Å². The van der Waals surface area contributed by atoms with Crippen LogP contribution in [-0.2, 0) is 22.4 Å². The largest absolute Gasteiger partial charge is 0.550 e. The smallest absolute Gasteiger partial charge is 0.228 e. The standard InChI is InChI=1S/C20H21NO4/c22-19(14-6-1-2-7-15(14)20(23)24)21-12-9-10-18-16(11-12)13-5-3-4-8-17(13)25-18/h1-2,9-11,14-15H,3-8H2,(H,21,22)(H,23,24)/p-1/t14-,15+/m0/s1. The lowest BCUT2D eigenvalue weighted by Gasteiger charge is -2.28. The van der Waals surface area contributed by atoms with Crippen LogP contribution in [0.1, 0.15) is 37.0 Å². The molecule has 2 aliphatic rings. The maximum atomic E-state index is 12.6. The van der Waals surface area contributed by atoms with Crippen LogP contribution in [0.2, 0.25) is 0 Å². The molecular formula is C20H20NO4-. The zero-order valence-corrected chi connectivity index (χ0v) is 13.9. The Labute approximate surface area is 145 Å². The Kier molecular flexibility index (Phi) is 4.07. The monoisotopic (exact) mass is 338 g/mol. The number of rotatable bonds is 3. The van der Waals surface area contributed by atoms with Crippen molar-refractivity contribution in [1.82, 2.24) is 0 Å². The SMILES string of the molecule is O=C(Nc1ccc2oc3c(c2c1)CCCC3)[C@H]1CC=CC[C@H]1C(=O)[O-]. The van der Waals surface area contributed by atoms with Crippen LogP contribution in [0.3, 0.4) is 0 Å². The van der Waals surface area contributed by atoms with Crippen LogP contribution < -0.4 is 10.4 Å². The molecule has 1 N–H and O–H groups in total. The van der Waals surface area contributed by atoms with Gasteiger partial charge in [0, 0.05) is 34.9 Å². The van der Waals surface area contributed by atoms with E-state index >= 15 is 0 Å². The van der Waals surface area contributed by atoms with Gasteiger partial charge in [-0.2, -0.15) is 0 Å². The van der Waals surface area contributed by atoms with Crippen LogP contribution >= 0.6 is 0 Å². The molecule has 1 aromatic heterocycles. The predicted octanol–water partition coefficient (Wildman–Crippen LogP) is 2.58. The Balaban J connectivity index is 1.58. The third-order valence-corrected chi connectivity index (χ3v) is 5.29. The van der Waals surface area contributed by atoms with Crippen LogP contribution in [0.15, 0.2) is 34.8 Å². The number of furan rings is 1. The van der Waals surface area contributed by atoms with Gasteiger partial charge in [0.2, 0.25) is 5.91 Å². The first-order valence-corrected chi connectivity index (χ1v) is 8.84. The molecular weight excluding hydrogens is 318 g/mol. The minimum Gasteiger partial charge on any atom is -0.550 e. The number of nitrogens with one attached hydrogen (secondary N) is 1. The molecule has 25 heavy (non-hydrogen) atoms. The lowest BCUT2D eigenvalue weighted by Crippen LogP contribution is -2.41. The van der Waals surface area contributed by atoms with E-state index in [1.165, 1.54) is 5.56 Å². The second kappa shape index (κ2) is 6.39. The van der Waals surface area contributed by atoms with Crippen molar-refractivity contribution in [3.63, 3.8) is 0 Å². The zero-order chi connectivity index (χ0) is 17.4. The predicted molar refractivity (Wildman–Crippen MR) is 91.8 cm³/mol. The van der Waals surface area contributed by atoms with Gasteiger partial charge in [0.1, 0.15) is 11.3 Å². The van der Waals surface area contributed by atoms with E-state index in [1.807, 2.05) is 24.3 Å². The van der Waals surface area contributed by atoms with Gasteiger partial charge >= 0.3 is 0 Å². The molecule has 0 fully saturated rings. The first kappa shape index (κ1) is 15.9. The molecule has 2 aromatic rings. The molecule has 0 unspecified atom stereocenters. The fourth-order valence-corrected chi connectivity index (χ4v) is 3.94. The lowest BCUT2D eigenvalue weighted by atomic mass is 9.82. The van der Waals surface area contributed by atoms with E-state index in [0.717, 1.165) is 42.4 Å². The van der Waals surface area contributed by atoms with Crippen molar-refractivity contribution in [2.24, 2.45) is 11.8 Å². The second-order valence-corrected chi connectivity index (χ2v) is 6.89. The van der Waals surface area contributed by atoms with Crippen molar-refractivity contribution in [1.29, 1.82) is 0 Å². The number of carbonyl (C=O) groups is 2. The molecule has 0 bridgehead atoms. The number of aliphatic carboxylic acids is 1. The zero-order valence-electron chi connectivity index (χ0n) is 13.9. The number of hydrogen-bond donors (Lipinski definition) is 1. The van der Waals surface area contributed by atoms with Gasteiger partial charge in [-0.25, -0.2) is 0 Å². The Morgan fingerprint density at radius 3 is 2.64 bits per heavy atom. The quantitative estimate of drug-likeness (QED) is 0.872. The van der Waals surface area contributed by atoms with Gasteiger partial charge in [0.05, 0.1) is 5.92 Å². The number of anilines is 1. The molecule has 1 heterocycles. The molecule has 0 saturated heterocycles. The Morgan fingerprint density at radius 1 is 1.08 bits per heavy atom. The summed E-state index contributed by atoms with van der Waals surface area (Å²) < 4.78 is 5.91. The summed E-state index contributed by atoms with van der Waals surface area (Å²) in [5.74, 6) is -1.74. The van der Waals surface area contributed by atoms with Gasteiger partial charge < -0.3 is 19.6 Å². The van der Waals surface area contributed by atoms with Crippen LogP contribution in [0.4, 0.5) is 5.69 Å². The highest BCUT2D eigenvalue weighted by molar-refractivity contribution is 5.97. The molecule has 2 atom stereocenters. The highest BCUT2D eigenvalue weighted by Gasteiger charge is 2.30. The Hall–Kier alpha value is -2.56. The minimum absolute atomic E-state index is 0.268. The van der Waals surface area contributed by atoms with Crippen molar-refractivity contribution in [2.45, 2.75) is 38.5 Å². The number of fused-ring (bicyclic) bond motifs is 3. The molecule has 130 valence electrons. The Bertz CT molecular complexity index is 864. The number of hydrogen-bond acceptors (Lipinski definition) is 4. The maximum Gasteiger partial charge on any atom is 0.228 e. The highest BCUT2D eigenvalue weighted by atomic mass is 16.4. The molecule has 0 spiro atoms. The topological polar surface area (TPSA) is 82.4 Å². The number of carboxylic acids is 1. The summed E-state index contributed by atoms with van der Waals surface area (Å²) in [4.78, 5) is 23.9. The van der Waals surface area contributed by atoms with Gasteiger partial charge in [-0.3, -0.25) is 4.79 Å². The van der Waals surface area contributed by atoms with Crippen molar-refractivity contribution < 1.29 is 19.1 Å². The van der Waals surface area contributed by atoms with Gasteiger partial charge in [0.25, 0.3) is 0 Å². The summed E-state index contributed by atoms with van der Waals surface area (Å²) in [5.41, 5.74) is 2.77. The van der Waals surface area contributed by atoms with Crippen molar-refractivity contribution in [2.75, 3.05) is 5.32 Å². The first-order chi connectivity index (χ1) is 12.1. The van der Waals surface area contributed by atoms with Crippen molar-refractivity contribution in [3.05, 3.63) is 41.7 Å². The van der Waals surface area contributed by atoms with Crippen LogP contribution in [0.5, 0.6) is 0 Å². The molecule has 0 radical (unpaired) electrons. The molecule has 2 aliphatic carbocycles. The van der Waals surface area contributed by atoms with Crippen molar-refractivity contribution >= 4 is 28.5 Å². The number of benzene rings is 1. The van der Waals surface area contributed by atoms with Gasteiger partial charge in [-0.1, -0.05) is 12.2 Å². The lowest BCUT2D eigenvalue weighted by molar-refractivity contribution is -0.313. The molecule has 4 rings (SSSR count). The summed E-state index contributed by atoms with van der Waals surface area (Å²) in [6.45, 7) is 0. The normalized spacial score (nSPS) is 22.6. The van der Waals surface area contributed by atoms with Gasteiger partial charge in [-0.15, -0.1) is 0 Å². The van der Waals surface area contributed by atoms with E-state index in [0.29, 0.717) is 18.5 Å². The summed E-state index contributed by atoms with van der Waals surface area (Å²) in [6.07, 6.45) is 8.69. The number of allylic oxidation sites excluding steroid dienone is 2. The number of carbonyl (C=O) groups excluding carboxylic acids is 2. The molecule has 5 nitrogen and oxygen atoms in total. The van der Waals surface area contributed by atoms with Gasteiger partial charge in [-0.05, 0) is 50.3 Å². The summed E-state index contributed by atoms with van der Waals surface area (Å²) in [6, 6.07) is 5.62. The molecule has 1 amide bonds. The van der Waals surface area contributed by atoms with Crippen LogP contribution in [0.25, 0.3) is 11.0 Å². The fraction of sp³-hybridized carbons (Fsp3) is 0.400. The number of aryl methyl sites for hydroxylation is 2. The maximum absolute atomic E-state index is 12.6. The summed E-state index contributed by atoms with van der Waals surface area (Å²) >= 11 is 0. The molecule has 1 aromatic carbocycles. The first-order valence-electron chi connectivity index (χ1n) is 8.84. The van der Waals surface area contributed by atoms with E-state index < -0.39 is 17.8 Å². The van der Waals surface area contributed by atoms with E-state index in [1.54, 1.807) is 6.08 Å². The van der Waals surface area contributed by atoms with E-state index in [-0.39, 0.29) is 5.91 Å². The average molecular weight is 338 g/mol. The summed E-state index contributed by atoms with van der Waals surface area (Å²) in [5, 5.41) is 15.2. The third kappa shape index (κ3) is 2.95. The second-order valence-electron chi connectivity index (χ2n) is 6.89. The minimum atomic E-state index is -1.16. The Morgan fingerprint density at radius 2 is 1.84 bits per heavy atom. The van der Waals surface area contributed by atoms with E-state index in [9.17, 15) is 14.7 Å². The molecule has 0 aliphatic heterocycles.